The lowest BCUT2D eigenvalue weighted by atomic mass is 10.0. The molecule has 6 nitrogen and oxygen atoms in total. The van der Waals surface area contributed by atoms with E-state index >= 15 is 0 Å². The van der Waals surface area contributed by atoms with Crippen molar-refractivity contribution in [3.63, 3.8) is 0 Å². The van der Waals surface area contributed by atoms with Crippen LogP contribution in [0, 0.1) is 0 Å². The first kappa shape index (κ1) is 22.9. The van der Waals surface area contributed by atoms with Crippen LogP contribution in [0.15, 0.2) is 66.7 Å². The Balaban J connectivity index is 1.84. The average Bonchev–Trinajstić information content (AvgIpc) is 2.83. The van der Waals surface area contributed by atoms with Gasteiger partial charge in [-0.25, -0.2) is 0 Å². The molecule has 0 aliphatic heterocycles. The molecule has 32 heavy (non-hydrogen) atoms. The predicted octanol–water partition coefficient (Wildman–Crippen LogP) is 5.25. The molecule has 7 heteroatoms. The molecule has 1 amide bonds. The van der Waals surface area contributed by atoms with E-state index in [0.717, 1.165) is 0 Å². The third kappa shape index (κ3) is 5.28. The Morgan fingerprint density at radius 2 is 1.53 bits per heavy atom. The maximum Gasteiger partial charge on any atom is 0.248 e. The standard InChI is InChI=1S/C25H22ClNO5/c1-30-21-13-16(14-22(31-2)25(21)32-3)9-12-23(28)27-20-11-10-18(26)15-19(20)24(29)17-7-5-4-6-8-17/h4-15H,1-3H3,(H,27,28)/b12-9+. The number of amides is 1. The fourth-order valence-corrected chi connectivity index (χ4v) is 3.27. The second kappa shape index (κ2) is 10.5. The van der Waals surface area contributed by atoms with Gasteiger partial charge in [0, 0.05) is 22.2 Å². The zero-order chi connectivity index (χ0) is 23.1. The van der Waals surface area contributed by atoms with Gasteiger partial charge < -0.3 is 19.5 Å². The van der Waals surface area contributed by atoms with E-state index in [4.69, 9.17) is 25.8 Å². The third-order valence-electron chi connectivity index (χ3n) is 4.63. The second-order valence-corrected chi connectivity index (χ2v) is 7.10. The van der Waals surface area contributed by atoms with Crippen molar-refractivity contribution in [2.75, 3.05) is 26.6 Å². The zero-order valence-electron chi connectivity index (χ0n) is 17.8. The van der Waals surface area contributed by atoms with Crippen molar-refractivity contribution in [1.82, 2.24) is 0 Å². The highest BCUT2D eigenvalue weighted by Crippen LogP contribution is 2.38. The maximum atomic E-state index is 12.9. The van der Waals surface area contributed by atoms with Crippen LogP contribution in [0.25, 0.3) is 6.08 Å². The average molecular weight is 452 g/mol. The molecule has 3 aromatic carbocycles. The molecular formula is C25H22ClNO5. The van der Waals surface area contributed by atoms with Gasteiger partial charge in [0.25, 0.3) is 0 Å². The molecule has 164 valence electrons. The number of carbonyl (C=O) groups excluding carboxylic acids is 2. The van der Waals surface area contributed by atoms with Crippen LogP contribution in [0.4, 0.5) is 5.69 Å². The number of carbonyl (C=O) groups is 2. The summed E-state index contributed by atoms with van der Waals surface area (Å²) in [5, 5.41) is 3.14. The first-order valence-corrected chi connectivity index (χ1v) is 10.0. The van der Waals surface area contributed by atoms with Crippen LogP contribution in [0.2, 0.25) is 5.02 Å². The SMILES string of the molecule is COc1cc(/C=C/C(=O)Nc2ccc(Cl)cc2C(=O)c2ccccc2)cc(OC)c1OC. The van der Waals surface area contributed by atoms with Crippen LogP contribution >= 0.6 is 11.6 Å². The maximum absolute atomic E-state index is 12.9. The number of anilines is 1. The normalized spacial score (nSPS) is 10.6. The Morgan fingerprint density at radius 3 is 2.12 bits per heavy atom. The third-order valence-corrected chi connectivity index (χ3v) is 4.87. The predicted molar refractivity (Wildman–Crippen MR) is 125 cm³/mol. The molecule has 0 saturated heterocycles. The van der Waals surface area contributed by atoms with Crippen molar-refractivity contribution in [1.29, 1.82) is 0 Å². The molecule has 0 aromatic heterocycles. The molecule has 0 bridgehead atoms. The Hall–Kier alpha value is -3.77. The van der Waals surface area contributed by atoms with Gasteiger partial charge in [0.15, 0.2) is 17.3 Å². The highest BCUT2D eigenvalue weighted by molar-refractivity contribution is 6.31. The molecule has 0 fully saturated rings. The molecule has 0 aliphatic carbocycles. The van der Waals surface area contributed by atoms with Crippen LogP contribution in [-0.4, -0.2) is 33.0 Å². The first-order valence-electron chi connectivity index (χ1n) is 9.65. The Kier molecular flexibility index (Phi) is 7.52. The summed E-state index contributed by atoms with van der Waals surface area (Å²) in [5.41, 5.74) is 1.84. The molecule has 0 aliphatic rings. The molecule has 0 unspecified atom stereocenters. The van der Waals surface area contributed by atoms with Crippen molar-refractivity contribution in [2.24, 2.45) is 0 Å². The number of ether oxygens (including phenoxy) is 3. The molecule has 3 aromatic rings. The minimum atomic E-state index is -0.414. The summed E-state index contributed by atoms with van der Waals surface area (Å²) < 4.78 is 16.0. The number of halogens is 1. The highest BCUT2D eigenvalue weighted by Gasteiger charge is 2.16. The van der Waals surface area contributed by atoms with Crippen molar-refractivity contribution in [3.8, 4) is 17.2 Å². The lowest BCUT2D eigenvalue weighted by molar-refractivity contribution is -0.111. The van der Waals surface area contributed by atoms with Gasteiger partial charge >= 0.3 is 0 Å². The zero-order valence-corrected chi connectivity index (χ0v) is 18.6. The Bertz CT molecular complexity index is 1130. The Morgan fingerprint density at radius 1 is 0.875 bits per heavy atom. The quantitative estimate of drug-likeness (QED) is 0.374. The lowest BCUT2D eigenvalue weighted by Gasteiger charge is -2.13. The van der Waals surface area contributed by atoms with Gasteiger partial charge in [0.2, 0.25) is 11.7 Å². The van der Waals surface area contributed by atoms with E-state index in [0.29, 0.717) is 44.6 Å². The van der Waals surface area contributed by atoms with Gasteiger partial charge in [-0.15, -0.1) is 0 Å². The van der Waals surface area contributed by atoms with E-state index < -0.39 is 5.91 Å². The molecule has 0 heterocycles. The summed E-state index contributed by atoms with van der Waals surface area (Å²) in [4.78, 5) is 25.5. The van der Waals surface area contributed by atoms with Gasteiger partial charge in [-0.3, -0.25) is 9.59 Å². The van der Waals surface area contributed by atoms with Gasteiger partial charge in [-0.2, -0.15) is 0 Å². The smallest absolute Gasteiger partial charge is 0.248 e. The van der Waals surface area contributed by atoms with Crippen molar-refractivity contribution < 1.29 is 23.8 Å². The molecule has 0 spiro atoms. The van der Waals surface area contributed by atoms with Crippen LogP contribution in [0.1, 0.15) is 21.5 Å². The lowest BCUT2D eigenvalue weighted by Crippen LogP contribution is -2.12. The first-order chi connectivity index (χ1) is 15.5. The largest absolute Gasteiger partial charge is 0.493 e. The molecule has 0 atom stereocenters. The summed E-state index contributed by atoms with van der Waals surface area (Å²) in [6.45, 7) is 0. The van der Waals surface area contributed by atoms with E-state index in [1.807, 2.05) is 6.07 Å². The van der Waals surface area contributed by atoms with E-state index in [1.54, 1.807) is 54.6 Å². The summed E-state index contributed by atoms with van der Waals surface area (Å²) in [6, 6.07) is 17.0. The minimum Gasteiger partial charge on any atom is -0.493 e. The van der Waals surface area contributed by atoms with Crippen molar-refractivity contribution >= 4 is 35.1 Å². The number of hydrogen-bond acceptors (Lipinski definition) is 5. The highest BCUT2D eigenvalue weighted by atomic mass is 35.5. The fraction of sp³-hybridized carbons (Fsp3) is 0.120. The topological polar surface area (TPSA) is 73.9 Å². The van der Waals surface area contributed by atoms with Gasteiger partial charge in [-0.1, -0.05) is 41.9 Å². The summed E-state index contributed by atoms with van der Waals surface area (Å²) in [7, 11) is 4.55. The number of benzene rings is 3. The van der Waals surface area contributed by atoms with Crippen LogP contribution in [0.3, 0.4) is 0 Å². The van der Waals surface area contributed by atoms with Gasteiger partial charge in [0.05, 0.1) is 27.0 Å². The number of hydrogen-bond donors (Lipinski definition) is 1. The number of rotatable bonds is 8. The molecular weight excluding hydrogens is 430 g/mol. The van der Waals surface area contributed by atoms with Crippen LogP contribution in [0.5, 0.6) is 17.2 Å². The van der Waals surface area contributed by atoms with Crippen molar-refractivity contribution in [2.45, 2.75) is 0 Å². The van der Waals surface area contributed by atoms with E-state index in [-0.39, 0.29) is 5.78 Å². The summed E-state index contributed by atoms with van der Waals surface area (Å²) in [5.74, 6) is 0.753. The molecule has 3 rings (SSSR count). The van der Waals surface area contributed by atoms with Crippen LogP contribution < -0.4 is 19.5 Å². The minimum absolute atomic E-state index is 0.239. The van der Waals surface area contributed by atoms with Gasteiger partial charge in [-0.05, 0) is 42.0 Å². The van der Waals surface area contributed by atoms with E-state index in [1.165, 1.54) is 33.5 Å². The number of nitrogens with one attached hydrogen (secondary N) is 1. The monoisotopic (exact) mass is 451 g/mol. The number of methoxy groups -OCH3 is 3. The van der Waals surface area contributed by atoms with E-state index in [9.17, 15) is 9.59 Å². The number of ketones is 1. The molecule has 0 saturated carbocycles. The van der Waals surface area contributed by atoms with Crippen molar-refractivity contribution in [3.05, 3.63) is 88.5 Å². The second-order valence-electron chi connectivity index (χ2n) is 6.67. The summed E-state index contributed by atoms with van der Waals surface area (Å²) in [6.07, 6.45) is 2.96. The molecule has 0 radical (unpaired) electrons. The summed E-state index contributed by atoms with van der Waals surface area (Å²) >= 11 is 6.10. The molecule has 1 N–H and O–H groups in total. The van der Waals surface area contributed by atoms with Crippen LogP contribution in [-0.2, 0) is 4.79 Å². The van der Waals surface area contributed by atoms with E-state index in [2.05, 4.69) is 5.32 Å². The fourth-order valence-electron chi connectivity index (χ4n) is 3.10. The van der Waals surface area contributed by atoms with Gasteiger partial charge in [0.1, 0.15) is 0 Å². The Labute approximate surface area is 191 Å².